The molecular formula is C18H17F4N5O2. The van der Waals surface area contributed by atoms with Gasteiger partial charge in [-0.25, -0.2) is 14.4 Å². The molecule has 2 N–H and O–H groups in total. The highest BCUT2D eigenvalue weighted by molar-refractivity contribution is 5.92. The van der Waals surface area contributed by atoms with Gasteiger partial charge in [0.2, 0.25) is 5.60 Å². The number of nitrogens with zero attached hydrogens (tertiary/aromatic N) is 4. The molecule has 3 aromatic rings. The highest BCUT2D eigenvalue weighted by atomic mass is 19.4. The summed E-state index contributed by atoms with van der Waals surface area (Å²) >= 11 is 0. The molecule has 11 heteroatoms. The van der Waals surface area contributed by atoms with Crippen molar-refractivity contribution in [3.8, 4) is 5.69 Å². The van der Waals surface area contributed by atoms with E-state index in [1.54, 1.807) is 0 Å². The third-order valence-electron chi connectivity index (χ3n) is 4.41. The maximum Gasteiger partial charge on any atom is 0.424 e. The predicted octanol–water partition coefficient (Wildman–Crippen LogP) is 2.31. The van der Waals surface area contributed by atoms with Crippen molar-refractivity contribution < 1.29 is 27.5 Å². The lowest BCUT2D eigenvalue weighted by Gasteiger charge is -2.29. The summed E-state index contributed by atoms with van der Waals surface area (Å²) < 4.78 is 56.0. The highest BCUT2D eigenvalue weighted by Gasteiger charge is 2.57. The summed E-state index contributed by atoms with van der Waals surface area (Å²) in [6, 6.07) is 5.26. The average molecular weight is 411 g/mol. The van der Waals surface area contributed by atoms with Gasteiger partial charge in [0.1, 0.15) is 17.3 Å². The largest absolute Gasteiger partial charge is 0.424 e. The zero-order valence-corrected chi connectivity index (χ0v) is 15.2. The first-order chi connectivity index (χ1) is 13.6. The Morgan fingerprint density at radius 2 is 1.93 bits per heavy atom. The van der Waals surface area contributed by atoms with E-state index in [0.717, 1.165) is 10.8 Å². The quantitative estimate of drug-likeness (QED) is 0.610. The molecule has 0 saturated carbocycles. The van der Waals surface area contributed by atoms with Gasteiger partial charge in [0.15, 0.2) is 0 Å². The molecule has 0 fully saturated rings. The Bertz CT molecular complexity index is 996. The zero-order chi connectivity index (χ0) is 21.2. The van der Waals surface area contributed by atoms with Gasteiger partial charge >= 0.3 is 6.18 Å². The molecule has 0 saturated heterocycles. The summed E-state index contributed by atoms with van der Waals surface area (Å²) in [6.45, 7) is -0.476. The molecule has 2 aromatic heterocycles. The molecule has 1 aromatic carbocycles. The third kappa shape index (κ3) is 3.99. The number of rotatable bonds is 6. The lowest BCUT2D eigenvalue weighted by Crippen LogP contribution is -2.46. The SMILES string of the molecule is Cn1ccnc1C(O)(CCNC(=O)c1cncn1-c1ccc(F)cc1)C(F)(F)F. The van der Waals surface area contributed by atoms with Gasteiger partial charge in [-0.15, -0.1) is 0 Å². The molecule has 0 radical (unpaired) electrons. The second-order valence-electron chi connectivity index (χ2n) is 6.35. The fraction of sp³-hybridized carbons (Fsp3) is 0.278. The highest BCUT2D eigenvalue weighted by Crippen LogP contribution is 2.40. The van der Waals surface area contributed by atoms with Crippen LogP contribution in [0.4, 0.5) is 17.6 Å². The Labute approximate surface area is 162 Å². The molecule has 3 rings (SSSR count). The minimum absolute atomic E-state index is 0.0455. The van der Waals surface area contributed by atoms with Crippen molar-refractivity contribution in [3.05, 3.63) is 66.5 Å². The molecule has 2 heterocycles. The maximum absolute atomic E-state index is 13.5. The molecule has 154 valence electrons. The summed E-state index contributed by atoms with van der Waals surface area (Å²) in [7, 11) is 1.33. The predicted molar refractivity (Wildman–Crippen MR) is 93.6 cm³/mol. The fourth-order valence-corrected chi connectivity index (χ4v) is 2.86. The van der Waals surface area contributed by atoms with Crippen molar-refractivity contribution in [2.24, 2.45) is 7.05 Å². The van der Waals surface area contributed by atoms with E-state index in [4.69, 9.17) is 0 Å². The monoisotopic (exact) mass is 411 g/mol. The number of alkyl halides is 3. The van der Waals surface area contributed by atoms with Crippen LogP contribution in [-0.2, 0) is 12.6 Å². The van der Waals surface area contributed by atoms with E-state index in [0.29, 0.717) is 5.69 Å². The molecule has 7 nitrogen and oxygen atoms in total. The Balaban J connectivity index is 1.74. The van der Waals surface area contributed by atoms with Crippen LogP contribution in [-0.4, -0.2) is 42.8 Å². The number of aryl methyl sites for hydroxylation is 1. The lowest BCUT2D eigenvalue weighted by molar-refractivity contribution is -0.272. The number of aliphatic hydroxyl groups is 1. The van der Waals surface area contributed by atoms with E-state index in [9.17, 15) is 27.5 Å². The third-order valence-corrected chi connectivity index (χ3v) is 4.41. The van der Waals surface area contributed by atoms with Crippen LogP contribution in [0.2, 0.25) is 0 Å². The number of hydrogen-bond donors (Lipinski definition) is 2. The second kappa shape index (κ2) is 7.66. The summed E-state index contributed by atoms with van der Waals surface area (Å²) in [5, 5.41) is 12.6. The average Bonchev–Trinajstić information content (AvgIpc) is 3.30. The normalized spacial score (nSPS) is 13.9. The van der Waals surface area contributed by atoms with Gasteiger partial charge in [-0.2, -0.15) is 13.2 Å². The van der Waals surface area contributed by atoms with Crippen molar-refractivity contribution in [3.63, 3.8) is 0 Å². The number of nitrogens with one attached hydrogen (secondary N) is 1. The first-order valence-corrected chi connectivity index (χ1v) is 8.47. The number of hydrogen-bond acceptors (Lipinski definition) is 4. The Kier molecular flexibility index (Phi) is 5.42. The van der Waals surface area contributed by atoms with Crippen LogP contribution in [0.5, 0.6) is 0 Å². The minimum Gasteiger partial charge on any atom is -0.374 e. The molecule has 0 bridgehead atoms. The maximum atomic E-state index is 13.5. The number of carbonyl (C=O) groups excluding carboxylic acids is 1. The molecule has 1 amide bonds. The topological polar surface area (TPSA) is 85.0 Å². The van der Waals surface area contributed by atoms with Crippen LogP contribution in [0.1, 0.15) is 22.7 Å². The van der Waals surface area contributed by atoms with Crippen LogP contribution in [0.15, 0.2) is 49.2 Å². The molecule has 29 heavy (non-hydrogen) atoms. The standard InChI is InChI=1S/C18H17F4N5O2/c1-26-9-8-25-16(26)17(29,18(20,21)22)6-7-24-15(28)14-10-23-11-27(14)13-4-2-12(19)3-5-13/h2-5,8-11,29H,6-7H2,1H3,(H,24,28). The number of carbonyl (C=O) groups is 1. The number of aromatic nitrogens is 4. The molecule has 1 unspecified atom stereocenters. The summed E-state index contributed by atoms with van der Waals surface area (Å²) in [5.74, 6) is -1.73. The number of halogens is 4. The summed E-state index contributed by atoms with van der Waals surface area (Å²) in [5.41, 5.74) is -2.73. The molecule has 0 aliphatic carbocycles. The number of amides is 1. The smallest absolute Gasteiger partial charge is 0.374 e. The molecular weight excluding hydrogens is 394 g/mol. The Morgan fingerprint density at radius 3 is 2.52 bits per heavy atom. The van der Waals surface area contributed by atoms with Crippen LogP contribution >= 0.6 is 0 Å². The van der Waals surface area contributed by atoms with Gasteiger partial charge < -0.3 is 15.0 Å². The van der Waals surface area contributed by atoms with Gasteiger partial charge in [0, 0.05) is 38.1 Å². The van der Waals surface area contributed by atoms with E-state index >= 15 is 0 Å². The van der Waals surface area contributed by atoms with Crippen molar-refractivity contribution in [2.75, 3.05) is 6.54 Å². The lowest BCUT2D eigenvalue weighted by atomic mass is 9.97. The first kappa shape index (κ1) is 20.5. The van der Waals surface area contributed by atoms with Gasteiger partial charge in [0.05, 0.1) is 12.5 Å². The van der Waals surface area contributed by atoms with Crippen LogP contribution < -0.4 is 5.32 Å². The molecule has 0 aliphatic rings. The van der Waals surface area contributed by atoms with Crippen LogP contribution in [0.3, 0.4) is 0 Å². The molecule has 0 spiro atoms. The van der Waals surface area contributed by atoms with Crippen LogP contribution in [0.25, 0.3) is 5.69 Å². The van der Waals surface area contributed by atoms with Crippen molar-refractivity contribution in [1.29, 1.82) is 0 Å². The Hall–Kier alpha value is -3.21. The van der Waals surface area contributed by atoms with Crippen molar-refractivity contribution >= 4 is 5.91 Å². The molecule has 0 aliphatic heterocycles. The van der Waals surface area contributed by atoms with E-state index in [1.165, 1.54) is 54.6 Å². The van der Waals surface area contributed by atoms with E-state index < -0.39 is 42.3 Å². The summed E-state index contributed by atoms with van der Waals surface area (Å²) in [6.07, 6.45) is -0.849. The van der Waals surface area contributed by atoms with E-state index in [2.05, 4.69) is 15.3 Å². The van der Waals surface area contributed by atoms with Gasteiger partial charge in [-0.1, -0.05) is 0 Å². The Morgan fingerprint density at radius 1 is 1.24 bits per heavy atom. The van der Waals surface area contributed by atoms with E-state index in [-0.39, 0.29) is 5.69 Å². The zero-order valence-electron chi connectivity index (χ0n) is 15.2. The van der Waals surface area contributed by atoms with Gasteiger partial charge in [-0.3, -0.25) is 9.36 Å². The summed E-state index contributed by atoms with van der Waals surface area (Å²) in [4.78, 5) is 19.9. The van der Waals surface area contributed by atoms with Crippen molar-refractivity contribution in [1.82, 2.24) is 24.4 Å². The van der Waals surface area contributed by atoms with E-state index in [1.807, 2.05) is 0 Å². The number of imidazole rings is 2. The fourth-order valence-electron chi connectivity index (χ4n) is 2.86. The van der Waals surface area contributed by atoms with Gasteiger partial charge in [-0.05, 0) is 24.3 Å². The van der Waals surface area contributed by atoms with Gasteiger partial charge in [0.25, 0.3) is 5.91 Å². The molecule has 1 atom stereocenters. The number of benzene rings is 1. The second-order valence-corrected chi connectivity index (χ2v) is 6.35. The minimum atomic E-state index is -4.99. The van der Waals surface area contributed by atoms with Crippen molar-refractivity contribution in [2.45, 2.75) is 18.2 Å². The first-order valence-electron chi connectivity index (χ1n) is 8.47. The van der Waals surface area contributed by atoms with Crippen LogP contribution in [0, 0.1) is 5.82 Å².